The normalized spacial score (nSPS) is 16.2. The van der Waals surface area contributed by atoms with Gasteiger partial charge in [0, 0.05) is 49.5 Å². The van der Waals surface area contributed by atoms with E-state index < -0.39 is 10.8 Å². The van der Waals surface area contributed by atoms with Gasteiger partial charge in [-0.15, -0.1) is 0 Å². The lowest BCUT2D eigenvalue weighted by atomic mass is 10.4. The zero-order valence-corrected chi connectivity index (χ0v) is 12.9. The SMILES string of the molecule is CNc1nc(NCCCS(C)=O)nc(N2CCCC2)n1. The molecule has 1 saturated heterocycles. The minimum atomic E-state index is -0.749. The highest BCUT2D eigenvalue weighted by atomic mass is 32.2. The highest BCUT2D eigenvalue weighted by Crippen LogP contribution is 2.18. The van der Waals surface area contributed by atoms with Crippen LogP contribution in [0.25, 0.3) is 0 Å². The third-order valence-electron chi connectivity index (χ3n) is 3.13. The van der Waals surface area contributed by atoms with Crippen LogP contribution in [0.2, 0.25) is 0 Å². The van der Waals surface area contributed by atoms with Gasteiger partial charge in [0.05, 0.1) is 0 Å². The van der Waals surface area contributed by atoms with E-state index in [-0.39, 0.29) is 0 Å². The zero-order valence-electron chi connectivity index (χ0n) is 12.1. The van der Waals surface area contributed by atoms with Gasteiger partial charge in [-0.1, -0.05) is 0 Å². The van der Waals surface area contributed by atoms with E-state index >= 15 is 0 Å². The molecule has 1 atom stereocenters. The molecule has 1 unspecified atom stereocenters. The van der Waals surface area contributed by atoms with Crippen molar-refractivity contribution in [2.75, 3.05) is 54.2 Å². The summed E-state index contributed by atoms with van der Waals surface area (Å²) in [4.78, 5) is 15.3. The molecule has 0 aliphatic carbocycles. The van der Waals surface area contributed by atoms with Crippen molar-refractivity contribution in [1.29, 1.82) is 0 Å². The molecule has 7 nitrogen and oxygen atoms in total. The molecule has 112 valence electrons. The number of nitrogens with zero attached hydrogens (tertiary/aromatic N) is 4. The van der Waals surface area contributed by atoms with Crippen molar-refractivity contribution >= 4 is 28.6 Å². The van der Waals surface area contributed by atoms with Crippen LogP contribution in [0.4, 0.5) is 17.8 Å². The Morgan fingerprint density at radius 2 is 1.90 bits per heavy atom. The second-order valence-electron chi connectivity index (χ2n) is 4.78. The lowest BCUT2D eigenvalue weighted by molar-refractivity contribution is 0.685. The standard InChI is InChI=1S/C12H22N6OS/c1-13-10-15-11(14-6-5-9-20(2)19)17-12(16-10)18-7-3-4-8-18/h3-9H2,1-2H3,(H2,13,14,15,16,17). The summed E-state index contributed by atoms with van der Waals surface area (Å²) in [6.07, 6.45) is 4.92. The first-order valence-corrected chi connectivity index (χ1v) is 8.64. The van der Waals surface area contributed by atoms with Crippen molar-refractivity contribution in [2.45, 2.75) is 19.3 Å². The van der Waals surface area contributed by atoms with E-state index in [4.69, 9.17) is 0 Å². The Morgan fingerprint density at radius 3 is 2.55 bits per heavy atom. The number of nitrogens with one attached hydrogen (secondary N) is 2. The molecule has 8 heteroatoms. The quantitative estimate of drug-likeness (QED) is 0.717. The summed E-state index contributed by atoms with van der Waals surface area (Å²) < 4.78 is 11.0. The zero-order chi connectivity index (χ0) is 14.4. The second kappa shape index (κ2) is 7.37. The van der Waals surface area contributed by atoms with Crippen LogP contribution in [0.5, 0.6) is 0 Å². The van der Waals surface area contributed by atoms with Crippen molar-refractivity contribution in [1.82, 2.24) is 15.0 Å². The molecule has 1 aliphatic heterocycles. The molecule has 0 saturated carbocycles. The molecule has 1 aliphatic rings. The fourth-order valence-corrected chi connectivity index (χ4v) is 2.64. The van der Waals surface area contributed by atoms with E-state index in [2.05, 4.69) is 30.5 Å². The Morgan fingerprint density at radius 1 is 1.20 bits per heavy atom. The van der Waals surface area contributed by atoms with Crippen LogP contribution in [0.3, 0.4) is 0 Å². The molecule has 1 aromatic heterocycles. The molecule has 0 amide bonds. The van der Waals surface area contributed by atoms with E-state index in [9.17, 15) is 4.21 Å². The molecule has 1 fully saturated rings. The van der Waals surface area contributed by atoms with Gasteiger partial charge in [-0.05, 0) is 19.3 Å². The fraction of sp³-hybridized carbons (Fsp3) is 0.750. The third kappa shape index (κ3) is 4.29. The first-order chi connectivity index (χ1) is 9.69. The van der Waals surface area contributed by atoms with Crippen LogP contribution >= 0.6 is 0 Å². The Bertz CT molecular complexity index is 463. The van der Waals surface area contributed by atoms with Gasteiger partial charge in [0.2, 0.25) is 17.8 Å². The summed E-state index contributed by atoms with van der Waals surface area (Å²) in [5, 5.41) is 6.14. The van der Waals surface area contributed by atoms with E-state index in [1.54, 1.807) is 13.3 Å². The van der Waals surface area contributed by atoms with E-state index in [1.807, 2.05) is 0 Å². The highest BCUT2D eigenvalue weighted by Gasteiger charge is 2.16. The highest BCUT2D eigenvalue weighted by molar-refractivity contribution is 7.84. The van der Waals surface area contributed by atoms with Crippen molar-refractivity contribution in [3.8, 4) is 0 Å². The molecule has 20 heavy (non-hydrogen) atoms. The summed E-state index contributed by atoms with van der Waals surface area (Å²) in [6, 6.07) is 0. The number of hydrogen-bond acceptors (Lipinski definition) is 7. The van der Waals surface area contributed by atoms with Crippen molar-refractivity contribution < 1.29 is 4.21 Å². The minimum absolute atomic E-state index is 0.573. The molecule has 0 bridgehead atoms. The third-order valence-corrected chi connectivity index (χ3v) is 3.99. The van der Waals surface area contributed by atoms with Crippen molar-refractivity contribution in [3.05, 3.63) is 0 Å². The van der Waals surface area contributed by atoms with Gasteiger partial charge in [0.25, 0.3) is 0 Å². The van der Waals surface area contributed by atoms with Gasteiger partial charge in [0.1, 0.15) is 0 Å². The van der Waals surface area contributed by atoms with Crippen LogP contribution in [-0.4, -0.2) is 57.9 Å². The van der Waals surface area contributed by atoms with Gasteiger partial charge in [-0.3, -0.25) is 4.21 Å². The fourth-order valence-electron chi connectivity index (χ4n) is 2.09. The van der Waals surface area contributed by atoms with Gasteiger partial charge in [0.15, 0.2) is 0 Å². The monoisotopic (exact) mass is 298 g/mol. The number of hydrogen-bond donors (Lipinski definition) is 2. The Balaban J connectivity index is 1.99. The predicted molar refractivity (Wildman–Crippen MR) is 82.9 cm³/mol. The van der Waals surface area contributed by atoms with Gasteiger partial charge in [-0.25, -0.2) is 0 Å². The minimum Gasteiger partial charge on any atom is -0.357 e. The molecular weight excluding hydrogens is 276 g/mol. The largest absolute Gasteiger partial charge is 0.357 e. The van der Waals surface area contributed by atoms with Crippen LogP contribution in [0.1, 0.15) is 19.3 Å². The summed E-state index contributed by atoms with van der Waals surface area (Å²) >= 11 is 0. The molecular formula is C12H22N6OS. The van der Waals surface area contributed by atoms with Gasteiger partial charge >= 0.3 is 0 Å². The summed E-state index contributed by atoms with van der Waals surface area (Å²) in [5.74, 6) is 2.57. The average molecular weight is 298 g/mol. The van der Waals surface area contributed by atoms with Crippen molar-refractivity contribution in [2.24, 2.45) is 0 Å². The summed E-state index contributed by atoms with van der Waals surface area (Å²) in [5.41, 5.74) is 0. The molecule has 0 aromatic carbocycles. The number of anilines is 3. The molecule has 0 spiro atoms. The first kappa shape index (κ1) is 15.0. The summed E-state index contributed by atoms with van der Waals surface area (Å²) in [7, 11) is 1.05. The van der Waals surface area contributed by atoms with E-state index in [1.165, 1.54) is 12.8 Å². The molecule has 2 rings (SSSR count). The number of aromatic nitrogens is 3. The van der Waals surface area contributed by atoms with Crippen LogP contribution in [0, 0.1) is 0 Å². The smallest absolute Gasteiger partial charge is 0.231 e. The van der Waals surface area contributed by atoms with Gasteiger partial charge in [-0.2, -0.15) is 15.0 Å². The van der Waals surface area contributed by atoms with Crippen molar-refractivity contribution in [3.63, 3.8) is 0 Å². The Kier molecular flexibility index (Phi) is 5.51. The average Bonchev–Trinajstić information content (AvgIpc) is 2.97. The van der Waals surface area contributed by atoms with Gasteiger partial charge < -0.3 is 15.5 Å². The maximum absolute atomic E-state index is 11.0. The molecule has 0 radical (unpaired) electrons. The predicted octanol–water partition coefficient (Wildman–Crippen LogP) is 0.694. The molecule has 1 aromatic rings. The maximum Gasteiger partial charge on any atom is 0.231 e. The lowest BCUT2D eigenvalue weighted by Crippen LogP contribution is -2.22. The molecule has 2 N–H and O–H groups in total. The maximum atomic E-state index is 11.0. The second-order valence-corrected chi connectivity index (χ2v) is 6.34. The van der Waals surface area contributed by atoms with E-state index in [0.717, 1.165) is 25.5 Å². The first-order valence-electron chi connectivity index (χ1n) is 6.91. The Hall–Kier alpha value is -1.44. The van der Waals surface area contributed by atoms with Crippen LogP contribution in [-0.2, 0) is 10.8 Å². The topological polar surface area (TPSA) is 83.0 Å². The van der Waals surface area contributed by atoms with Crippen LogP contribution in [0.15, 0.2) is 0 Å². The van der Waals surface area contributed by atoms with E-state index in [0.29, 0.717) is 24.2 Å². The molecule has 2 heterocycles. The Labute approximate surface area is 122 Å². The summed E-state index contributed by atoms with van der Waals surface area (Å²) in [6.45, 7) is 2.72. The van der Waals surface area contributed by atoms with Crippen LogP contribution < -0.4 is 15.5 Å². The lowest BCUT2D eigenvalue weighted by Gasteiger charge is -2.16. The number of rotatable bonds is 7.